The van der Waals surface area contributed by atoms with Gasteiger partial charge in [-0.2, -0.15) is 5.26 Å². The van der Waals surface area contributed by atoms with Gasteiger partial charge in [0.15, 0.2) is 15.5 Å². The SMILES string of the molecule is CS(=O)(=O)C1CCCN(c2cccnc2C#N)C1. The third-order valence-electron chi connectivity index (χ3n) is 3.22. The van der Waals surface area contributed by atoms with Crippen LogP contribution in [0.5, 0.6) is 0 Å². The summed E-state index contributed by atoms with van der Waals surface area (Å²) in [6.07, 6.45) is 4.35. The summed E-state index contributed by atoms with van der Waals surface area (Å²) < 4.78 is 23.2. The van der Waals surface area contributed by atoms with E-state index in [0.717, 1.165) is 18.7 Å². The van der Waals surface area contributed by atoms with Gasteiger partial charge in [-0.15, -0.1) is 0 Å². The van der Waals surface area contributed by atoms with Crippen molar-refractivity contribution in [3.63, 3.8) is 0 Å². The number of rotatable bonds is 2. The second kappa shape index (κ2) is 4.94. The van der Waals surface area contributed by atoms with Crippen molar-refractivity contribution in [3.8, 4) is 6.07 Å². The summed E-state index contributed by atoms with van der Waals surface area (Å²) in [7, 11) is -3.03. The minimum atomic E-state index is -3.03. The lowest BCUT2D eigenvalue weighted by Gasteiger charge is -2.33. The van der Waals surface area contributed by atoms with Gasteiger partial charge < -0.3 is 4.90 Å². The van der Waals surface area contributed by atoms with Gasteiger partial charge in [-0.1, -0.05) is 0 Å². The van der Waals surface area contributed by atoms with E-state index in [4.69, 9.17) is 5.26 Å². The normalized spacial score (nSPS) is 20.4. The Morgan fingerprint density at radius 2 is 2.33 bits per heavy atom. The van der Waals surface area contributed by atoms with Gasteiger partial charge in [0.25, 0.3) is 0 Å². The van der Waals surface area contributed by atoms with Crippen LogP contribution in [0, 0.1) is 11.3 Å². The molecular weight excluding hydrogens is 250 g/mol. The fraction of sp³-hybridized carbons (Fsp3) is 0.500. The molecule has 0 aliphatic carbocycles. The van der Waals surface area contributed by atoms with Gasteiger partial charge in [0, 0.05) is 25.5 Å². The Kier molecular flexibility index (Phi) is 3.53. The maximum absolute atomic E-state index is 11.6. The largest absolute Gasteiger partial charge is 0.368 e. The summed E-state index contributed by atoms with van der Waals surface area (Å²) in [4.78, 5) is 5.95. The maximum Gasteiger partial charge on any atom is 0.163 e. The zero-order valence-electron chi connectivity index (χ0n) is 10.2. The van der Waals surface area contributed by atoms with Crippen molar-refractivity contribution in [2.24, 2.45) is 0 Å². The monoisotopic (exact) mass is 265 g/mol. The predicted octanol–water partition coefficient (Wildman–Crippen LogP) is 0.967. The number of hydrogen-bond acceptors (Lipinski definition) is 5. The molecule has 1 aromatic rings. The smallest absolute Gasteiger partial charge is 0.163 e. The van der Waals surface area contributed by atoms with E-state index in [9.17, 15) is 8.42 Å². The van der Waals surface area contributed by atoms with Crippen LogP contribution in [0.3, 0.4) is 0 Å². The molecule has 0 bridgehead atoms. The second-order valence-electron chi connectivity index (χ2n) is 4.52. The number of hydrogen-bond donors (Lipinski definition) is 0. The molecular formula is C12H15N3O2S. The molecule has 2 heterocycles. The van der Waals surface area contributed by atoms with E-state index >= 15 is 0 Å². The Hall–Kier alpha value is -1.61. The van der Waals surface area contributed by atoms with Crippen LogP contribution in [0.1, 0.15) is 18.5 Å². The predicted molar refractivity (Wildman–Crippen MR) is 69.0 cm³/mol. The molecule has 0 aromatic carbocycles. The van der Waals surface area contributed by atoms with Crippen LogP contribution in [0.25, 0.3) is 0 Å². The lowest BCUT2D eigenvalue weighted by molar-refractivity contribution is 0.535. The van der Waals surface area contributed by atoms with Crippen molar-refractivity contribution in [2.75, 3.05) is 24.2 Å². The quantitative estimate of drug-likeness (QED) is 0.796. The lowest BCUT2D eigenvalue weighted by atomic mass is 10.1. The van der Waals surface area contributed by atoms with E-state index < -0.39 is 9.84 Å². The zero-order valence-corrected chi connectivity index (χ0v) is 11.0. The molecule has 0 radical (unpaired) electrons. The Bertz CT molecular complexity index is 577. The number of nitrogens with zero attached hydrogens (tertiary/aromatic N) is 3. The van der Waals surface area contributed by atoms with Crippen molar-refractivity contribution in [3.05, 3.63) is 24.0 Å². The second-order valence-corrected chi connectivity index (χ2v) is 6.85. The third kappa shape index (κ3) is 2.62. The van der Waals surface area contributed by atoms with Crippen LogP contribution in [-0.2, 0) is 9.84 Å². The van der Waals surface area contributed by atoms with E-state index in [0.29, 0.717) is 18.7 Å². The average molecular weight is 265 g/mol. The van der Waals surface area contributed by atoms with Crippen LogP contribution < -0.4 is 4.90 Å². The Morgan fingerprint density at radius 1 is 1.56 bits per heavy atom. The molecule has 1 aromatic heterocycles. The zero-order chi connectivity index (χ0) is 13.2. The summed E-state index contributed by atoms with van der Waals surface area (Å²) in [6, 6.07) is 5.62. The average Bonchev–Trinajstić information content (AvgIpc) is 2.38. The van der Waals surface area contributed by atoms with Crippen LogP contribution in [-0.4, -0.2) is 38.0 Å². The van der Waals surface area contributed by atoms with Gasteiger partial charge >= 0.3 is 0 Å². The third-order valence-corrected chi connectivity index (χ3v) is 4.81. The van der Waals surface area contributed by atoms with Crippen LogP contribution >= 0.6 is 0 Å². The molecule has 0 spiro atoms. The molecule has 2 rings (SSSR count). The fourth-order valence-corrected chi connectivity index (χ4v) is 3.29. The summed E-state index contributed by atoms with van der Waals surface area (Å²) in [5.74, 6) is 0. The standard InChI is InChI=1S/C12H15N3O2S/c1-18(16,17)10-4-3-7-15(9-10)12-5-2-6-14-11(12)8-13/h2,5-6,10H,3-4,7,9H2,1H3. The molecule has 0 N–H and O–H groups in total. The van der Waals surface area contributed by atoms with E-state index in [1.807, 2.05) is 17.0 Å². The van der Waals surface area contributed by atoms with Gasteiger partial charge in [-0.05, 0) is 25.0 Å². The Morgan fingerprint density at radius 3 is 3.00 bits per heavy atom. The Balaban J connectivity index is 2.27. The fourth-order valence-electron chi connectivity index (χ4n) is 2.24. The van der Waals surface area contributed by atoms with E-state index in [-0.39, 0.29) is 5.25 Å². The van der Waals surface area contributed by atoms with Crippen molar-refractivity contribution in [1.82, 2.24) is 4.98 Å². The van der Waals surface area contributed by atoms with E-state index in [2.05, 4.69) is 4.98 Å². The van der Waals surface area contributed by atoms with Gasteiger partial charge in [0.05, 0.1) is 10.9 Å². The number of anilines is 1. The first-order chi connectivity index (χ1) is 8.52. The van der Waals surface area contributed by atoms with Crippen LogP contribution in [0.15, 0.2) is 18.3 Å². The minimum Gasteiger partial charge on any atom is -0.368 e. The Labute approximate surface area is 107 Å². The maximum atomic E-state index is 11.6. The van der Waals surface area contributed by atoms with Gasteiger partial charge in [0.1, 0.15) is 6.07 Å². The van der Waals surface area contributed by atoms with Crippen LogP contribution in [0.4, 0.5) is 5.69 Å². The van der Waals surface area contributed by atoms with Crippen molar-refractivity contribution < 1.29 is 8.42 Å². The first-order valence-electron chi connectivity index (χ1n) is 5.81. The topological polar surface area (TPSA) is 74.1 Å². The summed E-state index contributed by atoms with van der Waals surface area (Å²) in [5.41, 5.74) is 1.08. The van der Waals surface area contributed by atoms with Crippen molar-refractivity contribution >= 4 is 15.5 Å². The number of piperidine rings is 1. The van der Waals surface area contributed by atoms with Gasteiger partial charge in [-0.3, -0.25) is 0 Å². The number of nitriles is 1. The molecule has 96 valence electrons. The molecule has 1 saturated heterocycles. The first kappa shape index (κ1) is 12.8. The number of pyridine rings is 1. The molecule has 1 aliphatic heterocycles. The molecule has 1 fully saturated rings. The van der Waals surface area contributed by atoms with Gasteiger partial charge in [-0.25, -0.2) is 13.4 Å². The highest BCUT2D eigenvalue weighted by Gasteiger charge is 2.28. The minimum absolute atomic E-state index is 0.349. The molecule has 1 atom stereocenters. The molecule has 6 heteroatoms. The number of aromatic nitrogens is 1. The van der Waals surface area contributed by atoms with Crippen LogP contribution in [0.2, 0.25) is 0 Å². The molecule has 5 nitrogen and oxygen atoms in total. The lowest BCUT2D eigenvalue weighted by Crippen LogP contribution is -2.42. The molecule has 0 amide bonds. The summed E-state index contributed by atoms with van der Waals surface area (Å²) >= 11 is 0. The molecule has 1 unspecified atom stereocenters. The number of sulfone groups is 1. The molecule has 18 heavy (non-hydrogen) atoms. The summed E-state index contributed by atoms with van der Waals surface area (Å²) in [5, 5.41) is 8.67. The van der Waals surface area contributed by atoms with Gasteiger partial charge in [0.2, 0.25) is 0 Å². The highest BCUT2D eigenvalue weighted by Crippen LogP contribution is 2.24. The highest BCUT2D eigenvalue weighted by molar-refractivity contribution is 7.91. The summed E-state index contributed by atoms with van der Waals surface area (Å²) in [6.45, 7) is 1.21. The van der Waals surface area contributed by atoms with Crippen molar-refractivity contribution in [2.45, 2.75) is 18.1 Å². The first-order valence-corrected chi connectivity index (χ1v) is 7.77. The van der Waals surface area contributed by atoms with E-state index in [1.165, 1.54) is 6.26 Å². The van der Waals surface area contributed by atoms with Crippen molar-refractivity contribution in [1.29, 1.82) is 5.26 Å². The molecule has 1 aliphatic rings. The molecule has 0 saturated carbocycles. The highest BCUT2D eigenvalue weighted by atomic mass is 32.2. The van der Waals surface area contributed by atoms with E-state index in [1.54, 1.807) is 12.3 Å².